The van der Waals surface area contributed by atoms with E-state index in [1.54, 1.807) is 29.2 Å². The number of fused-ring (bicyclic) bond motifs is 2. The Morgan fingerprint density at radius 3 is 2.53 bits per heavy atom. The zero-order valence-corrected chi connectivity index (χ0v) is 16.6. The zero-order chi connectivity index (χ0) is 20.8. The standard InChI is InChI=1S/C23H19FN4O2/c1-13-14(2)26-20-11-16(5-8-19(20)25-13)23(29)28-10-9-18-21(12-28)27-30-22(18)15-3-6-17(24)7-4-15/h3-8,11H,9-10,12H2,1-2H3. The van der Waals surface area contributed by atoms with Crippen molar-refractivity contribution in [1.82, 2.24) is 20.0 Å². The van der Waals surface area contributed by atoms with E-state index in [0.29, 0.717) is 36.4 Å². The van der Waals surface area contributed by atoms with Gasteiger partial charge in [-0.1, -0.05) is 5.16 Å². The number of halogens is 1. The molecule has 0 saturated heterocycles. The van der Waals surface area contributed by atoms with Crippen LogP contribution in [0.1, 0.15) is 33.0 Å². The minimum Gasteiger partial charge on any atom is -0.356 e. The summed E-state index contributed by atoms with van der Waals surface area (Å²) in [5.74, 6) is 0.271. The predicted octanol–water partition coefficient (Wildman–Crippen LogP) is 4.24. The fourth-order valence-electron chi connectivity index (χ4n) is 3.78. The number of hydrogen-bond acceptors (Lipinski definition) is 5. The maximum Gasteiger partial charge on any atom is 0.254 e. The quantitative estimate of drug-likeness (QED) is 0.502. The maximum atomic E-state index is 13.2. The second-order valence-electron chi connectivity index (χ2n) is 7.52. The lowest BCUT2D eigenvalue weighted by Gasteiger charge is -2.26. The Hall–Kier alpha value is -3.61. The number of aryl methyl sites for hydroxylation is 2. The van der Waals surface area contributed by atoms with Crippen LogP contribution in [0.5, 0.6) is 0 Å². The van der Waals surface area contributed by atoms with Crippen LogP contribution < -0.4 is 0 Å². The third-order valence-corrected chi connectivity index (χ3v) is 5.56. The maximum absolute atomic E-state index is 13.2. The molecule has 5 rings (SSSR count). The van der Waals surface area contributed by atoms with Gasteiger partial charge >= 0.3 is 0 Å². The molecule has 7 heteroatoms. The molecular formula is C23H19FN4O2. The molecule has 0 atom stereocenters. The highest BCUT2D eigenvalue weighted by Gasteiger charge is 2.28. The number of carbonyl (C=O) groups excluding carboxylic acids is 1. The highest BCUT2D eigenvalue weighted by Crippen LogP contribution is 2.31. The Morgan fingerprint density at radius 2 is 1.77 bits per heavy atom. The molecule has 0 radical (unpaired) electrons. The van der Waals surface area contributed by atoms with E-state index in [9.17, 15) is 9.18 Å². The fourth-order valence-corrected chi connectivity index (χ4v) is 3.78. The van der Waals surface area contributed by atoms with Crippen molar-refractivity contribution in [2.24, 2.45) is 0 Å². The summed E-state index contributed by atoms with van der Waals surface area (Å²) in [6.45, 7) is 4.75. The minimum atomic E-state index is -0.297. The van der Waals surface area contributed by atoms with Gasteiger partial charge in [0.2, 0.25) is 0 Å². The Bertz CT molecular complexity index is 1280. The molecule has 1 amide bonds. The van der Waals surface area contributed by atoms with Crippen molar-refractivity contribution in [3.8, 4) is 11.3 Å². The molecule has 6 nitrogen and oxygen atoms in total. The van der Waals surface area contributed by atoms with Crippen molar-refractivity contribution in [2.75, 3.05) is 6.54 Å². The smallest absolute Gasteiger partial charge is 0.254 e. The first kappa shape index (κ1) is 18.4. The molecule has 150 valence electrons. The largest absolute Gasteiger partial charge is 0.356 e. The number of carbonyl (C=O) groups is 1. The van der Waals surface area contributed by atoms with Crippen LogP contribution in [0.4, 0.5) is 4.39 Å². The lowest BCUT2D eigenvalue weighted by molar-refractivity contribution is 0.0731. The van der Waals surface area contributed by atoms with E-state index in [1.807, 2.05) is 19.9 Å². The molecule has 0 unspecified atom stereocenters. The summed E-state index contributed by atoms with van der Waals surface area (Å²) < 4.78 is 18.7. The average molecular weight is 402 g/mol. The van der Waals surface area contributed by atoms with Crippen LogP contribution in [0.3, 0.4) is 0 Å². The summed E-state index contributed by atoms with van der Waals surface area (Å²) in [5.41, 5.74) is 6.29. The molecule has 1 aliphatic rings. The van der Waals surface area contributed by atoms with Crippen molar-refractivity contribution in [2.45, 2.75) is 26.8 Å². The van der Waals surface area contributed by atoms with E-state index in [-0.39, 0.29) is 11.7 Å². The number of nitrogens with zero attached hydrogens (tertiary/aromatic N) is 4. The van der Waals surface area contributed by atoms with Crippen LogP contribution in [0.25, 0.3) is 22.4 Å². The van der Waals surface area contributed by atoms with E-state index < -0.39 is 0 Å². The van der Waals surface area contributed by atoms with Crippen LogP contribution in [0.2, 0.25) is 0 Å². The highest BCUT2D eigenvalue weighted by atomic mass is 19.1. The van der Waals surface area contributed by atoms with E-state index in [1.165, 1.54) is 12.1 Å². The third kappa shape index (κ3) is 3.12. The number of benzene rings is 2. The SMILES string of the molecule is Cc1nc2ccc(C(=O)N3CCc4c(noc4-c4ccc(F)cc4)C3)cc2nc1C. The van der Waals surface area contributed by atoms with E-state index in [2.05, 4.69) is 15.1 Å². The van der Waals surface area contributed by atoms with E-state index in [4.69, 9.17) is 4.52 Å². The van der Waals surface area contributed by atoms with Gasteiger partial charge in [-0.3, -0.25) is 4.79 Å². The molecule has 2 aromatic heterocycles. The highest BCUT2D eigenvalue weighted by molar-refractivity contribution is 5.97. The Kier molecular flexibility index (Phi) is 4.31. The molecule has 0 fully saturated rings. The van der Waals surface area contributed by atoms with E-state index in [0.717, 1.165) is 33.7 Å². The summed E-state index contributed by atoms with van der Waals surface area (Å²) in [6.07, 6.45) is 0.628. The van der Waals surface area contributed by atoms with Crippen molar-refractivity contribution in [3.05, 3.63) is 76.5 Å². The summed E-state index contributed by atoms with van der Waals surface area (Å²) in [7, 11) is 0. The van der Waals surface area contributed by atoms with Gasteiger partial charge in [-0.15, -0.1) is 0 Å². The van der Waals surface area contributed by atoms with Crippen LogP contribution >= 0.6 is 0 Å². The molecule has 0 bridgehead atoms. The summed E-state index contributed by atoms with van der Waals surface area (Å²) in [4.78, 5) is 23.9. The third-order valence-electron chi connectivity index (χ3n) is 5.56. The molecule has 0 saturated carbocycles. The second-order valence-corrected chi connectivity index (χ2v) is 7.52. The van der Waals surface area contributed by atoms with Gasteiger partial charge in [0.15, 0.2) is 5.76 Å². The molecule has 0 N–H and O–H groups in total. The van der Waals surface area contributed by atoms with Gasteiger partial charge in [-0.05, 0) is 62.7 Å². The predicted molar refractivity (Wildman–Crippen MR) is 109 cm³/mol. The van der Waals surface area contributed by atoms with E-state index >= 15 is 0 Å². The normalized spacial score (nSPS) is 13.5. The van der Waals surface area contributed by atoms with Gasteiger partial charge in [0.25, 0.3) is 5.91 Å². The molecular weight excluding hydrogens is 383 g/mol. The van der Waals surface area contributed by atoms with Gasteiger partial charge < -0.3 is 9.42 Å². The number of amides is 1. The zero-order valence-electron chi connectivity index (χ0n) is 16.6. The van der Waals surface area contributed by atoms with Gasteiger partial charge in [-0.25, -0.2) is 14.4 Å². The summed E-state index contributed by atoms with van der Waals surface area (Å²) in [5, 5.41) is 4.17. The molecule has 1 aliphatic heterocycles. The van der Waals surface area contributed by atoms with Gasteiger partial charge in [-0.2, -0.15) is 0 Å². The summed E-state index contributed by atoms with van der Waals surface area (Å²) in [6, 6.07) is 11.6. The Morgan fingerprint density at radius 1 is 1.03 bits per heavy atom. The van der Waals surface area contributed by atoms with Gasteiger partial charge in [0.1, 0.15) is 11.5 Å². The minimum absolute atomic E-state index is 0.0751. The Labute approximate surface area is 172 Å². The number of hydrogen-bond donors (Lipinski definition) is 0. The van der Waals surface area contributed by atoms with Crippen molar-refractivity contribution in [1.29, 1.82) is 0 Å². The van der Waals surface area contributed by atoms with Crippen LogP contribution in [-0.4, -0.2) is 32.5 Å². The molecule has 0 spiro atoms. The topological polar surface area (TPSA) is 72.1 Å². The van der Waals surface area contributed by atoms with Crippen molar-refractivity contribution < 1.29 is 13.7 Å². The summed E-state index contributed by atoms with van der Waals surface area (Å²) >= 11 is 0. The monoisotopic (exact) mass is 402 g/mol. The van der Waals surface area contributed by atoms with Gasteiger partial charge in [0.05, 0.1) is 29.0 Å². The van der Waals surface area contributed by atoms with Crippen LogP contribution in [-0.2, 0) is 13.0 Å². The molecule has 30 heavy (non-hydrogen) atoms. The number of aromatic nitrogens is 3. The fraction of sp³-hybridized carbons (Fsp3) is 0.217. The first-order valence-electron chi connectivity index (χ1n) is 9.77. The van der Waals surface area contributed by atoms with Crippen molar-refractivity contribution >= 4 is 16.9 Å². The second kappa shape index (κ2) is 7.02. The molecule has 2 aromatic carbocycles. The Balaban J connectivity index is 1.41. The number of rotatable bonds is 2. The lowest BCUT2D eigenvalue weighted by atomic mass is 10.00. The first-order chi connectivity index (χ1) is 14.5. The van der Waals surface area contributed by atoms with Crippen LogP contribution in [0.15, 0.2) is 47.0 Å². The first-order valence-corrected chi connectivity index (χ1v) is 9.77. The molecule has 0 aliphatic carbocycles. The molecule has 3 heterocycles. The van der Waals surface area contributed by atoms with Crippen LogP contribution in [0, 0.1) is 19.7 Å². The lowest BCUT2D eigenvalue weighted by Crippen LogP contribution is -2.36. The van der Waals surface area contributed by atoms with Crippen molar-refractivity contribution in [3.63, 3.8) is 0 Å². The average Bonchev–Trinajstić information content (AvgIpc) is 3.17. The van der Waals surface area contributed by atoms with Gasteiger partial charge in [0, 0.05) is 23.2 Å². The molecule has 4 aromatic rings.